The molecule has 2 rings (SSSR count). The number of halogens is 3. The molecule has 1 aromatic heterocycles. The molecule has 0 saturated heterocycles. The first-order valence-electron chi connectivity index (χ1n) is 3.78. The predicted octanol–water partition coefficient (Wildman–Crippen LogP) is 3.37. The number of aromatic nitrogens is 1. The number of hydrogen-bond acceptors (Lipinski definition) is 2. The van der Waals surface area contributed by atoms with E-state index in [9.17, 15) is 4.39 Å². The summed E-state index contributed by atoms with van der Waals surface area (Å²) in [6.07, 6.45) is 0. The third-order valence-corrected chi connectivity index (χ3v) is 2.75. The van der Waals surface area contributed by atoms with Crippen LogP contribution in [0.4, 0.5) is 10.2 Å². The number of fused-ring (bicyclic) bond motifs is 1. The van der Waals surface area contributed by atoms with E-state index in [0.29, 0.717) is 20.4 Å². The maximum Gasteiger partial charge on any atom is 0.142 e. The normalized spacial score (nSPS) is 10.8. The Kier molecular flexibility index (Phi) is 2.33. The smallest absolute Gasteiger partial charge is 0.142 e. The number of rotatable bonds is 0. The third-order valence-electron chi connectivity index (χ3n) is 1.84. The Labute approximate surface area is 93.0 Å². The lowest BCUT2D eigenvalue weighted by Crippen LogP contribution is -1.92. The van der Waals surface area contributed by atoms with Crippen LogP contribution in [0.15, 0.2) is 22.7 Å². The van der Waals surface area contributed by atoms with Crippen LogP contribution >= 0.6 is 27.5 Å². The highest BCUT2D eigenvalue weighted by Gasteiger charge is 2.05. The van der Waals surface area contributed by atoms with Gasteiger partial charge >= 0.3 is 0 Å². The van der Waals surface area contributed by atoms with Gasteiger partial charge in [-0.15, -0.1) is 0 Å². The standard InChI is InChI=1S/C9H5BrClFN2/c10-5-3-8-4(2-7(5)12)1-6(11)9(13)14-8/h1-3H,(H2,13,14). The molecule has 0 radical (unpaired) electrons. The highest BCUT2D eigenvalue weighted by Crippen LogP contribution is 2.26. The molecule has 2 aromatic rings. The molecule has 0 atom stereocenters. The molecule has 0 spiro atoms. The van der Waals surface area contributed by atoms with E-state index < -0.39 is 0 Å². The molecule has 0 saturated carbocycles. The maximum atomic E-state index is 13.1. The molecule has 1 aromatic carbocycles. The van der Waals surface area contributed by atoms with Crippen LogP contribution < -0.4 is 5.73 Å². The van der Waals surface area contributed by atoms with Gasteiger partial charge < -0.3 is 5.73 Å². The van der Waals surface area contributed by atoms with Gasteiger partial charge in [0.2, 0.25) is 0 Å². The van der Waals surface area contributed by atoms with E-state index in [4.69, 9.17) is 17.3 Å². The fourth-order valence-electron chi connectivity index (χ4n) is 1.16. The van der Waals surface area contributed by atoms with E-state index in [-0.39, 0.29) is 11.6 Å². The van der Waals surface area contributed by atoms with E-state index in [1.807, 2.05) is 0 Å². The summed E-state index contributed by atoms with van der Waals surface area (Å²) in [7, 11) is 0. The Balaban J connectivity index is 2.83. The Hall–Kier alpha value is -0.870. The second-order valence-corrected chi connectivity index (χ2v) is 4.08. The fraction of sp³-hybridized carbons (Fsp3) is 0. The molecule has 72 valence electrons. The number of benzene rings is 1. The largest absolute Gasteiger partial charge is 0.382 e. The maximum absolute atomic E-state index is 13.1. The topological polar surface area (TPSA) is 38.9 Å². The van der Waals surface area contributed by atoms with Crippen LogP contribution in [0.5, 0.6) is 0 Å². The van der Waals surface area contributed by atoms with Crippen molar-refractivity contribution in [2.45, 2.75) is 0 Å². The van der Waals surface area contributed by atoms with Crippen molar-refractivity contribution in [3.8, 4) is 0 Å². The summed E-state index contributed by atoms with van der Waals surface area (Å²) in [5.74, 6) is -0.0992. The minimum atomic E-state index is -0.347. The van der Waals surface area contributed by atoms with Gasteiger partial charge in [-0.25, -0.2) is 9.37 Å². The zero-order valence-electron chi connectivity index (χ0n) is 6.89. The van der Waals surface area contributed by atoms with Crippen molar-refractivity contribution in [3.63, 3.8) is 0 Å². The Morgan fingerprint density at radius 3 is 2.79 bits per heavy atom. The zero-order valence-corrected chi connectivity index (χ0v) is 9.23. The number of anilines is 1. The van der Waals surface area contributed by atoms with Crippen molar-refractivity contribution < 1.29 is 4.39 Å². The number of pyridine rings is 1. The summed E-state index contributed by atoms with van der Waals surface area (Å²) in [5, 5.41) is 0.962. The van der Waals surface area contributed by atoms with E-state index in [1.165, 1.54) is 6.07 Å². The Morgan fingerprint density at radius 1 is 1.36 bits per heavy atom. The predicted molar refractivity (Wildman–Crippen MR) is 58.8 cm³/mol. The van der Waals surface area contributed by atoms with Gasteiger partial charge in [0.25, 0.3) is 0 Å². The SMILES string of the molecule is Nc1nc2cc(Br)c(F)cc2cc1Cl. The lowest BCUT2D eigenvalue weighted by molar-refractivity contribution is 0.623. The molecule has 0 aliphatic heterocycles. The van der Waals surface area contributed by atoms with Gasteiger partial charge in [-0.05, 0) is 34.1 Å². The Morgan fingerprint density at radius 2 is 2.07 bits per heavy atom. The zero-order chi connectivity index (χ0) is 10.3. The van der Waals surface area contributed by atoms with Gasteiger partial charge in [0.15, 0.2) is 0 Å². The Bertz CT molecular complexity index is 426. The summed E-state index contributed by atoms with van der Waals surface area (Å²) in [5.41, 5.74) is 6.13. The van der Waals surface area contributed by atoms with Crippen molar-refractivity contribution in [3.05, 3.63) is 33.5 Å². The van der Waals surface area contributed by atoms with Crippen LogP contribution in [-0.4, -0.2) is 4.98 Å². The van der Waals surface area contributed by atoms with Gasteiger partial charge in [-0.2, -0.15) is 0 Å². The van der Waals surface area contributed by atoms with Crippen LogP contribution in [0.3, 0.4) is 0 Å². The van der Waals surface area contributed by atoms with Gasteiger partial charge in [-0.3, -0.25) is 0 Å². The number of hydrogen-bond donors (Lipinski definition) is 1. The van der Waals surface area contributed by atoms with E-state index in [0.717, 1.165) is 0 Å². The van der Waals surface area contributed by atoms with Gasteiger partial charge in [-0.1, -0.05) is 11.6 Å². The van der Waals surface area contributed by atoms with Crippen molar-refractivity contribution in [2.24, 2.45) is 0 Å². The van der Waals surface area contributed by atoms with Crippen molar-refractivity contribution in [2.75, 3.05) is 5.73 Å². The van der Waals surface area contributed by atoms with Crippen LogP contribution in [0, 0.1) is 5.82 Å². The van der Waals surface area contributed by atoms with Crippen molar-refractivity contribution in [1.82, 2.24) is 4.98 Å². The summed E-state index contributed by atoms with van der Waals surface area (Å²) in [6, 6.07) is 4.52. The molecular weight excluding hydrogens is 270 g/mol. The van der Waals surface area contributed by atoms with Gasteiger partial charge in [0, 0.05) is 5.39 Å². The average Bonchev–Trinajstić information content (AvgIpc) is 2.11. The van der Waals surface area contributed by atoms with Crippen LogP contribution in [0.1, 0.15) is 0 Å². The first kappa shape index (κ1) is 9.68. The highest BCUT2D eigenvalue weighted by molar-refractivity contribution is 9.10. The first-order chi connectivity index (χ1) is 6.58. The van der Waals surface area contributed by atoms with Crippen molar-refractivity contribution >= 4 is 44.3 Å². The summed E-state index contributed by atoms with van der Waals surface area (Å²) < 4.78 is 13.5. The van der Waals surface area contributed by atoms with Crippen LogP contribution in [-0.2, 0) is 0 Å². The summed E-state index contributed by atoms with van der Waals surface area (Å²) >= 11 is 8.83. The van der Waals surface area contributed by atoms with Crippen LogP contribution in [0.2, 0.25) is 5.02 Å². The molecule has 0 aliphatic rings. The second-order valence-electron chi connectivity index (χ2n) is 2.81. The molecule has 0 aliphatic carbocycles. The van der Waals surface area contributed by atoms with Crippen molar-refractivity contribution in [1.29, 1.82) is 0 Å². The molecular formula is C9H5BrClFN2. The molecule has 0 unspecified atom stereocenters. The van der Waals surface area contributed by atoms with Gasteiger partial charge in [0.1, 0.15) is 11.6 Å². The average molecular weight is 276 g/mol. The number of nitrogen functional groups attached to an aromatic ring is 1. The lowest BCUT2D eigenvalue weighted by Gasteiger charge is -2.02. The second kappa shape index (κ2) is 3.37. The summed E-state index contributed by atoms with van der Waals surface area (Å²) in [4.78, 5) is 4.03. The first-order valence-corrected chi connectivity index (χ1v) is 4.96. The quantitative estimate of drug-likeness (QED) is 0.800. The van der Waals surface area contributed by atoms with E-state index >= 15 is 0 Å². The monoisotopic (exact) mass is 274 g/mol. The number of nitrogens with two attached hydrogens (primary N) is 1. The fourth-order valence-corrected chi connectivity index (χ4v) is 1.65. The van der Waals surface area contributed by atoms with Gasteiger partial charge in [0.05, 0.1) is 15.0 Å². The number of nitrogens with zero attached hydrogens (tertiary/aromatic N) is 1. The molecule has 5 heteroatoms. The molecule has 14 heavy (non-hydrogen) atoms. The molecule has 0 bridgehead atoms. The minimum absolute atomic E-state index is 0.248. The van der Waals surface area contributed by atoms with Crippen LogP contribution in [0.25, 0.3) is 10.9 Å². The summed E-state index contributed by atoms with van der Waals surface area (Å²) in [6.45, 7) is 0. The minimum Gasteiger partial charge on any atom is -0.382 e. The molecule has 2 nitrogen and oxygen atoms in total. The van der Waals surface area contributed by atoms with E-state index in [1.54, 1.807) is 12.1 Å². The highest BCUT2D eigenvalue weighted by atomic mass is 79.9. The third kappa shape index (κ3) is 1.55. The molecule has 0 fully saturated rings. The van der Waals surface area contributed by atoms with E-state index in [2.05, 4.69) is 20.9 Å². The molecule has 0 amide bonds. The lowest BCUT2D eigenvalue weighted by atomic mass is 10.2. The molecule has 2 N–H and O–H groups in total. The molecule has 1 heterocycles.